The number of furan rings is 1. The van der Waals surface area contributed by atoms with Crippen LogP contribution in [0.15, 0.2) is 46.9 Å². The number of fused-ring (bicyclic) bond motifs is 4. The molecule has 6 nitrogen and oxygen atoms in total. The van der Waals surface area contributed by atoms with Gasteiger partial charge in [0, 0.05) is 29.5 Å². The molecule has 3 aromatic rings. The van der Waals surface area contributed by atoms with Crippen LogP contribution in [0, 0.1) is 0 Å². The summed E-state index contributed by atoms with van der Waals surface area (Å²) in [4.78, 5) is 27.0. The third-order valence-corrected chi connectivity index (χ3v) is 6.12. The molecule has 0 atom stereocenters. The normalized spacial score (nSPS) is 17.7. The van der Waals surface area contributed by atoms with Crippen molar-refractivity contribution in [3.8, 4) is 5.75 Å². The lowest BCUT2D eigenvalue weighted by Gasteiger charge is -2.31. The van der Waals surface area contributed by atoms with Crippen LogP contribution in [0.5, 0.6) is 5.75 Å². The molecule has 0 radical (unpaired) electrons. The van der Waals surface area contributed by atoms with Crippen LogP contribution in [-0.4, -0.2) is 49.4 Å². The average Bonchev–Trinajstić information content (AvgIpc) is 3.15. The molecular formula is C24H24N2O4. The van der Waals surface area contributed by atoms with Gasteiger partial charge in [-0.15, -0.1) is 0 Å². The van der Waals surface area contributed by atoms with Crippen molar-refractivity contribution in [3.63, 3.8) is 0 Å². The lowest BCUT2D eigenvalue weighted by Crippen LogP contribution is -2.49. The predicted octanol–water partition coefficient (Wildman–Crippen LogP) is 3.11. The number of nitrogens with one attached hydrogen (secondary N) is 1. The lowest BCUT2D eigenvalue weighted by molar-refractivity contribution is -0.132. The fraction of sp³-hybridized carbons (Fsp3) is 0.333. The van der Waals surface area contributed by atoms with Crippen molar-refractivity contribution < 1.29 is 18.7 Å². The number of hydrogen-bond acceptors (Lipinski definition) is 5. The molecule has 1 aliphatic carbocycles. The highest BCUT2D eigenvalue weighted by atomic mass is 16.5. The summed E-state index contributed by atoms with van der Waals surface area (Å²) in [7, 11) is 0. The number of ether oxygens (including phenoxy) is 1. The number of benzene rings is 2. The molecule has 1 aliphatic heterocycles. The van der Waals surface area contributed by atoms with E-state index in [9.17, 15) is 9.59 Å². The number of amides is 1. The third kappa shape index (κ3) is 2.91. The van der Waals surface area contributed by atoms with Crippen LogP contribution in [0.25, 0.3) is 11.0 Å². The Kier molecular flexibility index (Phi) is 4.40. The summed E-state index contributed by atoms with van der Waals surface area (Å²) in [5.74, 6) is 1.48. The number of para-hydroxylation sites is 1. The molecule has 2 aliphatic rings. The summed E-state index contributed by atoms with van der Waals surface area (Å²) in [5, 5.41) is 3.92. The average molecular weight is 404 g/mol. The summed E-state index contributed by atoms with van der Waals surface area (Å²) in [6, 6.07) is 13.3. The van der Waals surface area contributed by atoms with Gasteiger partial charge in [-0.25, -0.2) is 0 Å². The van der Waals surface area contributed by atoms with Crippen molar-refractivity contribution in [2.45, 2.75) is 19.3 Å². The largest absolute Gasteiger partial charge is 0.492 e. The van der Waals surface area contributed by atoms with Gasteiger partial charge in [-0.3, -0.25) is 9.59 Å². The third-order valence-electron chi connectivity index (χ3n) is 6.12. The van der Waals surface area contributed by atoms with Crippen molar-refractivity contribution >= 4 is 22.7 Å². The maximum absolute atomic E-state index is 13.3. The topological polar surface area (TPSA) is 71.8 Å². The maximum atomic E-state index is 13.3. The van der Waals surface area contributed by atoms with Crippen molar-refractivity contribution in [3.05, 3.63) is 64.9 Å². The Morgan fingerprint density at radius 2 is 2.00 bits per heavy atom. The van der Waals surface area contributed by atoms with Crippen LogP contribution in [0.2, 0.25) is 0 Å². The Balaban J connectivity index is 1.43. The number of ketones is 1. The first-order valence-corrected chi connectivity index (χ1v) is 10.3. The van der Waals surface area contributed by atoms with Crippen molar-refractivity contribution in [2.24, 2.45) is 0 Å². The fourth-order valence-electron chi connectivity index (χ4n) is 4.45. The standard InChI is InChI=1S/C24H24N2O4/c1-24(2)18-13-15(29-12-11-26-10-9-25-14-20(26)27)7-8-16(18)22(28)21-17-5-3-4-6-19(17)30-23(21)24/h3-8,13,25H,9-12,14H2,1-2H3. The van der Waals surface area contributed by atoms with E-state index < -0.39 is 5.41 Å². The van der Waals surface area contributed by atoms with E-state index in [1.807, 2.05) is 47.4 Å². The van der Waals surface area contributed by atoms with Gasteiger partial charge in [-0.05, 0) is 43.7 Å². The van der Waals surface area contributed by atoms with Gasteiger partial charge in [-0.1, -0.05) is 18.2 Å². The van der Waals surface area contributed by atoms with Gasteiger partial charge in [0.15, 0.2) is 5.78 Å². The zero-order valence-electron chi connectivity index (χ0n) is 17.2. The van der Waals surface area contributed by atoms with E-state index in [1.165, 1.54) is 0 Å². The minimum Gasteiger partial charge on any atom is -0.492 e. The molecule has 0 spiro atoms. The molecule has 6 heteroatoms. The van der Waals surface area contributed by atoms with Gasteiger partial charge < -0.3 is 19.4 Å². The first kappa shape index (κ1) is 18.9. The SMILES string of the molecule is CC1(C)c2cc(OCCN3CCNCC3=O)ccc2C(=O)c2c1oc1ccccc21. The lowest BCUT2D eigenvalue weighted by atomic mass is 9.72. The van der Waals surface area contributed by atoms with Crippen molar-refractivity contribution in [1.82, 2.24) is 10.2 Å². The molecule has 1 saturated heterocycles. The van der Waals surface area contributed by atoms with Crippen LogP contribution in [0.4, 0.5) is 0 Å². The second-order valence-corrected chi connectivity index (χ2v) is 8.37. The number of nitrogens with zero attached hydrogens (tertiary/aromatic N) is 1. The van der Waals surface area contributed by atoms with Crippen LogP contribution >= 0.6 is 0 Å². The summed E-state index contributed by atoms with van der Waals surface area (Å²) in [5.41, 5.74) is 2.51. The Morgan fingerprint density at radius 1 is 1.17 bits per heavy atom. The Morgan fingerprint density at radius 3 is 2.83 bits per heavy atom. The first-order valence-electron chi connectivity index (χ1n) is 10.3. The van der Waals surface area contributed by atoms with Crippen molar-refractivity contribution in [1.29, 1.82) is 0 Å². The minimum atomic E-state index is -0.467. The molecule has 0 bridgehead atoms. The maximum Gasteiger partial charge on any atom is 0.236 e. The highest BCUT2D eigenvalue weighted by Crippen LogP contribution is 2.46. The Bertz CT molecular complexity index is 1160. The van der Waals surface area contributed by atoms with Gasteiger partial charge in [0.25, 0.3) is 0 Å². The van der Waals surface area contributed by atoms with Crippen LogP contribution in [0.3, 0.4) is 0 Å². The highest BCUT2D eigenvalue weighted by Gasteiger charge is 2.41. The molecular weight excluding hydrogens is 380 g/mol. The van der Waals surface area contributed by atoms with Gasteiger partial charge in [0.1, 0.15) is 23.7 Å². The second-order valence-electron chi connectivity index (χ2n) is 8.37. The van der Waals surface area contributed by atoms with E-state index >= 15 is 0 Å². The van der Waals surface area contributed by atoms with E-state index in [1.54, 1.807) is 0 Å². The smallest absolute Gasteiger partial charge is 0.236 e. The zero-order chi connectivity index (χ0) is 20.9. The Labute approximate surface area is 174 Å². The number of rotatable bonds is 4. The minimum absolute atomic E-state index is 0.0118. The van der Waals surface area contributed by atoms with E-state index in [4.69, 9.17) is 9.15 Å². The fourth-order valence-corrected chi connectivity index (χ4v) is 4.45. The molecule has 154 valence electrons. The van der Waals surface area contributed by atoms with Crippen LogP contribution < -0.4 is 10.1 Å². The van der Waals surface area contributed by atoms with E-state index in [0.717, 1.165) is 23.1 Å². The predicted molar refractivity (Wildman–Crippen MR) is 113 cm³/mol. The molecule has 5 rings (SSSR count). The van der Waals surface area contributed by atoms with Gasteiger partial charge in [-0.2, -0.15) is 0 Å². The van der Waals surface area contributed by atoms with Crippen molar-refractivity contribution in [2.75, 3.05) is 32.8 Å². The van der Waals surface area contributed by atoms with Crippen LogP contribution in [-0.2, 0) is 10.2 Å². The van der Waals surface area contributed by atoms with Gasteiger partial charge in [0.05, 0.1) is 18.7 Å². The summed E-state index contributed by atoms with van der Waals surface area (Å²) < 4.78 is 12.1. The molecule has 1 aromatic heterocycles. The number of carbonyl (C=O) groups excluding carboxylic acids is 2. The number of carbonyl (C=O) groups is 2. The molecule has 30 heavy (non-hydrogen) atoms. The zero-order valence-corrected chi connectivity index (χ0v) is 17.2. The first-order chi connectivity index (χ1) is 14.5. The van der Waals surface area contributed by atoms with E-state index in [-0.39, 0.29) is 11.7 Å². The van der Waals surface area contributed by atoms with Crippen LogP contribution in [0.1, 0.15) is 41.1 Å². The number of piperazine rings is 1. The second kappa shape index (κ2) is 6.99. The molecule has 2 aromatic carbocycles. The van der Waals surface area contributed by atoms with Gasteiger partial charge in [0.2, 0.25) is 5.91 Å². The molecule has 0 unspecified atom stereocenters. The quantitative estimate of drug-likeness (QED) is 0.724. The molecule has 1 N–H and O–H groups in total. The molecule has 1 fully saturated rings. The summed E-state index contributed by atoms with van der Waals surface area (Å²) in [6.07, 6.45) is 0. The van der Waals surface area contributed by atoms with E-state index in [0.29, 0.717) is 48.9 Å². The van der Waals surface area contributed by atoms with E-state index in [2.05, 4.69) is 19.2 Å². The molecule has 0 saturated carbocycles. The molecule has 2 heterocycles. The summed E-state index contributed by atoms with van der Waals surface area (Å²) in [6.45, 7) is 6.99. The summed E-state index contributed by atoms with van der Waals surface area (Å²) >= 11 is 0. The molecule has 1 amide bonds. The monoisotopic (exact) mass is 404 g/mol. The van der Waals surface area contributed by atoms with Gasteiger partial charge >= 0.3 is 0 Å². The number of hydrogen-bond donors (Lipinski definition) is 1. The Hall–Kier alpha value is -3.12. The highest BCUT2D eigenvalue weighted by molar-refractivity contribution is 6.19.